The van der Waals surface area contributed by atoms with Gasteiger partial charge in [-0.1, -0.05) is 86.4 Å². The molecule has 0 amide bonds. The minimum absolute atomic E-state index is 0.0749. The predicted molar refractivity (Wildman–Crippen MR) is 182 cm³/mol. The molecule has 0 aliphatic heterocycles. The van der Waals surface area contributed by atoms with Crippen molar-refractivity contribution in [2.24, 2.45) is 5.92 Å². The topological polar surface area (TPSA) is 49.6 Å². The number of allylic oxidation sites excluding steroid dienone is 10. The molecular weight excluding hydrogens is 530 g/mol. The molecule has 1 atom stereocenters. The minimum Gasteiger partial charge on any atom is -0.344 e. The standard InChI is InChI=1S/C38H39N3O2/c1-7-14-37(28(4)8-2)38(9-3)40(32-15-11-10-12-16-32)33-23-20-30(21-24-33)36-26-25-31(22-19-29(36)5)39(6)34-17-13-18-35(27-34)41(42)43/h7-27,29H,2H2,1,3-6H3/b14-7-,37-28-,38-9+. The lowest BCUT2D eigenvalue weighted by Crippen LogP contribution is -2.18. The van der Waals surface area contributed by atoms with Gasteiger partial charge in [-0.15, -0.1) is 0 Å². The fourth-order valence-corrected chi connectivity index (χ4v) is 5.18. The zero-order chi connectivity index (χ0) is 30.9. The third kappa shape index (κ3) is 7.02. The highest BCUT2D eigenvalue weighted by atomic mass is 16.6. The molecule has 43 heavy (non-hydrogen) atoms. The Kier molecular flexibility index (Phi) is 10.1. The average molecular weight is 570 g/mol. The van der Waals surface area contributed by atoms with Crippen LogP contribution in [0, 0.1) is 16.0 Å². The van der Waals surface area contributed by atoms with Gasteiger partial charge >= 0.3 is 0 Å². The molecule has 0 aromatic heterocycles. The van der Waals surface area contributed by atoms with E-state index in [1.54, 1.807) is 12.1 Å². The molecule has 0 saturated carbocycles. The summed E-state index contributed by atoms with van der Waals surface area (Å²) < 4.78 is 0. The van der Waals surface area contributed by atoms with Crippen LogP contribution in [0.15, 0.2) is 157 Å². The smallest absolute Gasteiger partial charge is 0.271 e. The number of non-ortho nitro benzene ring substituents is 1. The number of rotatable bonds is 10. The summed E-state index contributed by atoms with van der Waals surface area (Å²) in [6.07, 6.45) is 16.7. The third-order valence-electron chi connectivity index (χ3n) is 7.62. The van der Waals surface area contributed by atoms with Crippen molar-refractivity contribution in [1.82, 2.24) is 0 Å². The van der Waals surface area contributed by atoms with Gasteiger partial charge in [0.05, 0.1) is 4.92 Å². The van der Waals surface area contributed by atoms with Crippen LogP contribution in [0.25, 0.3) is 5.57 Å². The molecule has 0 N–H and O–H groups in total. The zero-order valence-electron chi connectivity index (χ0n) is 25.6. The first-order valence-corrected chi connectivity index (χ1v) is 14.5. The van der Waals surface area contributed by atoms with Crippen molar-refractivity contribution in [3.05, 3.63) is 172 Å². The van der Waals surface area contributed by atoms with E-state index >= 15 is 0 Å². The van der Waals surface area contributed by atoms with E-state index in [4.69, 9.17) is 0 Å². The summed E-state index contributed by atoms with van der Waals surface area (Å²) in [6.45, 7) is 12.4. The lowest BCUT2D eigenvalue weighted by molar-refractivity contribution is -0.384. The first-order chi connectivity index (χ1) is 20.8. The SMILES string of the molecule is C=C/C(C)=C(/C=C\C)C(=C/C)\N(c1ccccc1)c1ccc(C2=CC=C(N(C)c3cccc([N+](=O)[O-])c3)C=CC2C)cc1. The number of benzene rings is 3. The molecule has 0 saturated heterocycles. The molecule has 1 unspecified atom stereocenters. The van der Waals surface area contributed by atoms with Crippen molar-refractivity contribution in [3.8, 4) is 0 Å². The molecule has 0 spiro atoms. The maximum absolute atomic E-state index is 11.3. The third-order valence-corrected chi connectivity index (χ3v) is 7.62. The second-order valence-electron chi connectivity index (χ2n) is 10.4. The Bertz CT molecular complexity index is 1650. The molecule has 1 aliphatic rings. The number of hydrogen-bond acceptors (Lipinski definition) is 4. The van der Waals surface area contributed by atoms with Gasteiger partial charge in [-0.2, -0.15) is 0 Å². The van der Waals surface area contributed by atoms with Crippen LogP contribution in [0.5, 0.6) is 0 Å². The Morgan fingerprint density at radius 1 is 0.930 bits per heavy atom. The van der Waals surface area contributed by atoms with Crippen LogP contribution in [-0.2, 0) is 0 Å². The summed E-state index contributed by atoms with van der Waals surface area (Å²) in [7, 11) is 1.93. The van der Waals surface area contributed by atoms with E-state index in [0.717, 1.165) is 45.2 Å². The van der Waals surface area contributed by atoms with E-state index < -0.39 is 0 Å². The molecule has 0 fully saturated rings. The molecule has 1 aliphatic carbocycles. The van der Waals surface area contributed by atoms with E-state index in [-0.39, 0.29) is 16.5 Å². The number of hydrogen-bond donors (Lipinski definition) is 0. The number of nitro benzene ring substituents is 1. The summed E-state index contributed by atoms with van der Waals surface area (Å²) in [5.74, 6) is 0.175. The summed E-state index contributed by atoms with van der Waals surface area (Å²) in [5, 5.41) is 11.3. The predicted octanol–water partition coefficient (Wildman–Crippen LogP) is 10.3. The van der Waals surface area contributed by atoms with Crippen LogP contribution in [-0.4, -0.2) is 12.0 Å². The van der Waals surface area contributed by atoms with Gasteiger partial charge < -0.3 is 9.80 Å². The lowest BCUT2D eigenvalue weighted by atomic mass is 9.93. The van der Waals surface area contributed by atoms with Crippen molar-refractivity contribution >= 4 is 28.3 Å². The van der Waals surface area contributed by atoms with E-state index in [1.807, 2.05) is 37.1 Å². The highest BCUT2D eigenvalue weighted by Crippen LogP contribution is 2.37. The van der Waals surface area contributed by atoms with Gasteiger partial charge in [0.15, 0.2) is 0 Å². The fraction of sp³-hybridized carbons (Fsp3) is 0.158. The molecule has 4 rings (SSSR count). The quantitative estimate of drug-likeness (QED) is 0.138. The number of anilines is 3. The molecule has 0 bridgehead atoms. The maximum atomic E-state index is 11.3. The van der Waals surface area contributed by atoms with E-state index in [0.29, 0.717) is 0 Å². The van der Waals surface area contributed by atoms with E-state index in [1.165, 1.54) is 11.6 Å². The lowest BCUT2D eigenvalue weighted by Gasteiger charge is -2.29. The number of nitro groups is 1. The van der Waals surface area contributed by atoms with Gasteiger partial charge in [-0.05, 0) is 85.9 Å². The molecule has 5 heteroatoms. The molecule has 0 heterocycles. The van der Waals surface area contributed by atoms with E-state index in [9.17, 15) is 10.1 Å². The molecular formula is C38H39N3O2. The van der Waals surface area contributed by atoms with Crippen molar-refractivity contribution in [3.63, 3.8) is 0 Å². The second-order valence-corrected chi connectivity index (χ2v) is 10.4. The van der Waals surface area contributed by atoms with E-state index in [2.05, 4.69) is 123 Å². The van der Waals surface area contributed by atoms with Gasteiger partial charge in [-0.25, -0.2) is 0 Å². The van der Waals surface area contributed by atoms with Crippen LogP contribution < -0.4 is 9.80 Å². The van der Waals surface area contributed by atoms with Crippen molar-refractivity contribution in [2.45, 2.75) is 27.7 Å². The van der Waals surface area contributed by atoms with Crippen LogP contribution in [0.2, 0.25) is 0 Å². The second kappa shape index (κ2) is 14.1. The normalized spacial score (nSPS) is 15.7. The van der Waals surface area contributed by atoms with Crippen molar-refractivity contribution in [1.29, 1.82) is 0 Å². The first kappa shape index (κ1) is 30.8. The van der Waals surface area contributed by atoms with Gasteiger partial charge in [0.25, 0.3) is 5.69 Å². The number of likely N-dealkylation sites (N-methyl/N-ethyl adjacent to an activating group) is 1. The average Bonchev–Trinajstić information content (AvgIpc) is 3.24. The monoisotopic (exact) mass is 569 g/mol. The fourth-order valence-electron chi connectivity index (χ4n) is 5.18. The number of para-hydroxylation sites is 1. The van der Waals surface area contributed by atoms with Gasteiger partial charge in [0.2, 0.25) is 0 Å². The number of nitrogens with zero attached hydrogens (tertiary/aromatic N) is 3. The van der Waals surface area contributed by atoms with Gasteiger partial charge in [0.1, 0.15) is 0 Å². The Balaban J connectivity index is 1.71. The Morgan fingerprint density at radius 2 is 1.60 bits per heavy atom. The molecule has 5 nitrogen and oxygen atoms in total. The molecule has 3 aromatic rings. The zero-order valence-corrected chi connectivity index (χ0v) is 25.6. The molecule has 218 valence electrons. The Morgan fingerprint density at radius 3 is 2.23 bits per heavy atom. The van der Waals surface area contributed by atoms with Gasteiger partial charge in [0, 0.05) is 53.2 Å². The summed E-state index contributed by atoms with van der Waals surface area (Å²) in [4.78, 5) is 15.2. The van der Waals surface area contributed by atoms with Crippen molar-refractivity contribution in [2.75, 3.05) is 16.8 Å². The van der Waals surface area contributed by atoms with Crippen LogP contribution >= 0.6 is 0 Å². The highest BCUT2D eigenvalue weighted by Gasteiger charge is 2.19. The summed E-state index contributed by atoms with van der Waals surface area (Å²) in [5.41, 5.74) is 9.55. The summed E-state index contributed by atoms with van der Waals surface area (Å²) >= 11 is 0. The van der Waals surface area contributed by atoms with Crippen LogP contribution in [0.1, 0.15) is 33.3 Å². The Labute approximate surface area is 255 Å². The van der Waals surface area contributed by atoms with Crippen molar-refractivity contribution < 1.29 is 4.92 Å². The molecule has 3 aromatic carbocycles. The van der Waals surface area contributed by atoms with Gasteiger partial charge in [-0.3, -0.25) is 10.1 Å². The van der Waals surface area contributed by atoms with Crippen LogP contribution in [0.4, 0.5) is 22.7 Å². The minimum atomic E-state index is -0.366. The summed E-state index contributed by atoms with van der Waals surface area (Å²) in [6, 6.07) is 25.8. The highest BCUT2D eigenvalue weighted by molar-refractivity contribution is 5.77. The largest absolute Gasteiger partial charge is 0.344 e. The van der Waals surface area contributed by atoms with Crippen LogP contribution in [0.3, 0.4) is 0 Å². The molecule has 0 radical (unpaired) electrons. The Hall–Kier alpha value is -5.16. The first-order valence-electron chi connectivity index (χ1n) is 14.5. The maximum Gasteiger partial charge on any atom is 0.271 e.